The van der Waals surface area contributed by atoms with Gasteiger partial charge in [0.2, 0.25) is 0 Å². The monoisotopic (exact) mass is 243 g/mol. The maximum absolute atomic E-state index is 5.73. The molecule has 1 N–H and O–H groups in total. The van der Waals surface area contributed by atoms with Crippen molar-refractivity contribution in [2.75, 3.05) is 12.9 Å². The Morgan fingerprint density at radius 2 is 2.19 bits per heavy atom. The van der Waals surface area contributed by atoms with E-state index in [1.807, 2.05) is 11.8 Å². The van der Waals surface area contributed by atoms with Crippen molar-refractivity contribution in [1.82, 2.24) is 5.32 Å². The third-order valence-corrected chi connectivity index (χ3v) is 5.20. The molecule has 4 atom stereocenters. The summed E-state index contributed by atoms with van der Waals surface area (Å²) in [6, 6.07) is 1.46. The lowest BCUT2D eigenvalue weighted by Crippen LogP contribution is -2.46. The van der Waals surface area contributed by atoms with E-state index in [0.717, 1.165) is 24.3 Å². The molecule has 0 spiro atoms. The van der Waals surface area contributed by atoms with E-state index in [-0.39, 0.29) is 0 Å². The number of ether oxygens (including phenoxy) is 1. The second kappa shape index (κ2) is 6.27. The number of nitrogens with one attached hydrogen (secondary N) is 1. The fraction of sp³-hybridized carbons (Fsp3) is 1.00. The van der Waals surface area contributed by atoms with Gasteiger partial charge in [-0.05, 0) is 38.4 Å². The molecule has 1 aliphatic heterocycles. The van der Waals surface area contributed by atoms with Gasteiger partial charge in [-0.1, -0.05) is 13.3 Å². The lowest BCUT2D eigenvalue weighted by atomic mass is 10.0. The first kappa shape index (κ1) is 12.7. The van der Waals surface area contributed by atoms with Crippen molar-refractivity contribution in [2.45, 2.75) is 68.9 Å². The summed E-state index contributed by atoms with van der Waals surface area (Å²) >= 11 is 2.04. The van der Waals surface area contributed by atoms with Crippen molar-refractivity contribution in [3.63, 3.8) is 0 Å². The molecular formula is C13H25NOS. The highest BCUT2D eigenvalue weighted by Crippen LogP contribution is 2.29. The van der Waals surface area contributed by atoms with Gasteiger partial charge in [-0.3, -0.25) is 0 Å². The molecule has 3 heteroatoms. The SMILES string of the molecule is CCC1CC(NC2CCCC2SC)CCO1. The molecular weight excluding hydrogens is 218 g/mol. The molecule has 2 aliphatic rings. The van der Waals surface area contributed by atoms with Gasteiger partial charge in [0.25, 0.3) is 0 Å². The molecule has 0 amide bonds. The van der Waals surface area contributed by atoms with Gasteiger partial charge in [0, 0.05) is 23.9 Å². The second-order valence-electron chi connectivity index (χ2n) is 5.10. The van der Waals surface area contributed by atoms with Gasteiger partial charge in [0.05, 0.1) is 6.10 Å². The molecule has 1 saturated heterocycles. The van der Waals surface area contributed by atoms with E-state index in [9.17, 15) is 0 Å². The minimum Gasteiger partial charge on any atom is -0.378 e. The van der Waals surface area contributed by atoms with E-state index in [4.69, 9.17) is 4.74 Å². The quantitative estimate of drug-likeness (QED) is 0.820. The number of rotatable bonds is 4. The van der Waals surface area contributed by atoms with Crippen LogP contribution in [0.4, 0.5) is 0 Å². The van der Waals surface area contributed by atoms with Crippen LogP contribution in [0, 0.1) is 0 Å². The van der Waals surface area contributed by atoms with Crippen molar-refractivity contribution in [1.29, 1.82) is 0 Å². The lowest BCUT2D eigenvalue weighted by molar-refractivity contribution is -0.00171. The highest BCUT2D eigenvalue weighted by molar-refractivity contribution is 7.99. The first-order valence-corrected chi connectivity index (χ1v) is 8.02. The third kappa shape index (κ3) is 3.14. The third-order valence-electron chi connectivity index (χ3n) is 4.03. The first-order chi connectivity index (χ1) is 7.83. The summed E-state index contributed by atoms with van der Waals surface area (Å²) in [5.41, 5.74) is 0. The van der Waals surface area contributed by atoms with E-state index in [2.05, 4.69) is 18.5 Å². The van der Waals surface area contributed by atoms with E-state index in [1.54, 1.807) is 0 Å². The molecule has 2 nitrogen and oxygen atoms in total. The van der Waals surface area contributed by atoms with Crippen LogP contribution in [0.2, 0.25) is 0 Å². The van der Waals surface area contributed by atoms with E-state index < -0.39 is 0 Å². The van der Waals surface area contributed by atoms with Crippen LogP contribution >= 0.6 is 11.8 Å². The molecule has 94 valence electrons. The molecule has 1 saturated carbocycles. The fourth-order valence-corrected chi connectivity index (χ4v) is 3.96. The molecule has 0 aromatic carbocycles. The Labute approximate surface area is 104 Å². The molecule has 0 aromatic rings. The summed E-state index contributed by atoms with van der Waals surface area (Å²) in [7, 11) is 0. The minimum atomic E-state index is 0.500. The Morgan fingerprint density at radius 3 is 2.94 bits per heavy atom. The summed E-state index contributed by atoms with van der Waals surface area (Å²) in [6.07, 6.45) is 10.5. The highest BCUT2D eigenvalue weighted by Gasteiger charge is 2.30. The first-order valence-electron chi connectivity index (χ1n) is 6.74. The Bertz CT molecular complexity index is 212. The average Bonchev–Trinajstić information content (AvgIpc) is 2.76. The predicted molar refractivity (Wildman–Crippen MR) is 71.1 cm³/mol. The molecule has 2 rings (SSSR count). The van der Waals surface area contributed by atoms with Gasteiger partial charge in [-0.15, -0.1) is 0 Å². The highest BCUT2D eigenvalue weighted by atomic mass is 32.2. The molecule has 0 aromatic heterocycles. The van der Waals surface area contributed by atoms with E-state index in [0.29, 0.717) is 12.1 Å². The van der Waals surface area contributed by atoms with Gasteiger partial charge in [-0.2, -0.15) is 11.8 Å². The Balaban J connectivity index is 1.79. The number of thioether (sulfide) groups is 1. The molecule has 1 heterocycles. The maximum Gasteiger partial charge on any atom is 0.0587 e. The second-order valence-corrected chi connectivity index (χ2v) is 6.18. The Kier molecular flexibility index (Phi) is 4.98. The minimum absolute atomic E-state index is 0.500. The zero-order valence-electron chi connectivity index (χ0n) is 10.6. The van der Waals surface area contributed by atoms with E-state index in [1.165, 1.54) is 32.1 Å². The van der Waals surface area contributed by atoms with Gasteiger partial charge >= 0.3 is 0 Å². The summed E-state index contributed by atoms with van der Waals surface area (Å²) in [4.78, 5) is 0. The Morgan fingerprint density at radius 1 is 1.31 bits per heavy atom. The molecule has 0 radical (unpaired) electrons. The van der Waals surface area contributed by atoms with E-state index >= 15 is 0 Å². The largest absolute Gasteiger partial charge is 0.378 e. The van der Waals surface area contributed by atoms with Crippen LogP contribution in [-0.2, 0) is 4.74 Å². The normalized spacial score (nSPS) is 40.1. The van der Waals surface area contributed by atoms with Crippen molar-refractivity contribution in [3.05, 3.63) is 0 Å². The van der Waals surface area contributed by atoms with Crippen molar-refractivity contribution in [2.24, 2.45) is 0 Å². The van der Waals surface area contributed by atoms with Crippen molar-refractivity contribution >= 4 is 11.8 Å². The lowest BCUT2D eigenvalue weighted by Gasteiger charge is -2.33. The Hall–Kier alpha value is 0.270. The number of hydrogen-bond donors (Lipinski definition) is 1. The molecule has 4 unspecified atom stereocenters. The topological polar surface area (TPSA) is 21.3 Å². The van der Waals surface area contributed by atoms with Crippen LogP contribution < -0.4 is 5.32 Å². The smallest absolute Gasteiger partial charge is 0.0587 e. The molecule has 2 fully saturated rings. The molecule has 16 heavy (non-hydrogen) atoms. The summed E-state index contributed by atoms with van der Waals surface area (Å²) in [5, 5.41) is 4.73. The van der Waals surface area contributed by atoms with Crippen LogP contribution in [0.25, 0.3) is 0 Å². The molecule has 1 aliphatic carbocycles. The van der Waals surface area contributed by atoms with Gasteiger partial charge in [-0.25, -0.2) is 0 Å². The summed E-state index contributed by atoms with van der Waals surface area (Å²) in [5.74, 6) is 0. The van der Waals surface area contributed by atoms with Crippen molar-refractivity contribution in [3.8, 4) is 0 Å². The maximum atomic E-state index is 5.73. The van der Waals surface area contributed by atoms with Crippen LogP contribution in [-0.4, -0.2) is 36.3 Å². The zero-order chi connectivity index (χ0) is 11.4. The predicted octanol–water partition coefficient (Wildman–Crippen LogP) is 2.82. The zero-order valence-corrected chi connectivity index (χ0v) is 11.4. The molecule has 0 bridgehead atoms. The van der Waals surface area contributed by atoms with Crippen LogP contribution in [0.5, 0.6) is 0 Å². The summed E-state index contributed by atoms with van der Waals surface area (Å²) < 4.78 is 5.73. The van der Waals surface area contributed by atoms with Gasteiger partial charge < -0.3 is 10.1 Å². The van der Waals surface area contributed by atoms with Crippen LogP contribution in [0.3, 0.4) is 0 Å². The van der Waals surface area contributed by atoms with Crippen LogP contribution in [0.1, 0.15) is 45.4 Å². The average molecular weight is 243 g/mol. The standard InChI is InChI=1S/C13H25NOS/c1-3-11-9-10(7-8-15-11)14-12-5-4-6-13(12)16-2/h10-14H,3-9H2,1-2H3. The number of hydrogen-bond acceptors (Lipinski definition) is 3. The van der Waals surface area contributed by atoms with Crippen LogP contribution in [0.15, 0.2) is 0 Å². The van der Waals surface area contributed by atoms with Gasteiger partial charge in [0.1, 0.15) is 0 Å². The summed E-state index contributed by atoms with van der Waals surface area (Å²) in [6.45, 7) is 3.18. The van der Waals surface area contributed by atoms with Gasteiger partial charge in [0.15, 0.2) is 0 Å². The fourth-order valence-electron chi connectivity index (χ4n) is 3.02. The van der Waals surface area contributed by atoms with Crippen molar-refractivity contribution < 1.29 is 4.74 Å².